The maximum atomic E-state index is 13.2. The van der Waals surface area contributed by atoms with Crippen LogP contribution in [-0.4, -0.2) is 61.6 Å². The minimum Gasteiger partial charge on any atom is -0.385 e. The number of methoxy groups -OCH3 is 1. The summed E-state index contributed by atoms with van der Waals surface area (Å²) in [6.07, 6.45) is 3.34. The molecule has 1 N–H and O–H groups in total. The first kappa shape index (κ1) is 19.6. The highest BCUT2D eigenvalue weighted by atomic mass is 19.1. The topological polar surface area (TPSA) is 61.9 Å². The average molecular weight is 377 g/mol. The highest BCUT2D eigenvalue weighted by molar-refractivity contribution is 5.85. The fraction of sp³-hybridized carbons (Fsp3) is 0.600. The monoisotopic (exact) mass is 377 g/mol. The van der Waals surface area contributed by atoms with Crippen LogP contribution in [0.15, 0.2) is 24.3 Å². The van der Waals surface area contributed by atoms with Crippen molar-refractivity contribution in [1.29, 1.82) is 0 Å². The van der Waals surface area contributed by atoms with E-state index in [4.69, 9.17) is 4.74 Å². The number of halogens is 1. The normalized spacial score (nSPS) is 22.5. The van der Waals surface area contributed by atoms with Crippen LogP contribution in [0.1, 0.15) is 31.2 Å². The van der Waals surface area contributed by atoms with E-state index in [1.165, 1.54) is 12.1 Å². The van der Waals surface area contributed by atoms with E-state index in [1.54, 1.807) is 24.1 Å². The summed E-state index contributed by atoms with van der Waals surface area (Å²) in [6.45, 7) is 3.45. The minimum atomic E-state index is -0.443. The molecule has 3 rings (SSSR count). The molecular weight excluding hydrogens is 349 g/mol. The molecule has 2 saturated heterocycles. The van der Waals surface area contributed by atoms with Crippen molar-refractivity contribution in [2.75, 3.05) is 39.9 Å². The fourth-order valence-corrected chi connectivity index (χ4v) is 4.13. The van der Waals surface area contributed by atoms with Gasteiger partial charge in [0.05, 0.1) is 5.41 Å². The first-order valence-electron chi connectivity index (χ1n) is 9.60. The highest BCUT2D eigenvalue weighted by Gasteiger charge is 2.49. The third-order valence-corrected chi connectivity index (χ3v) is 5.57. The smallest absolute Gasteiger partial charge is 0.317 e. The predicted octanol–water partition coefficient (Wildman–Crippen LogP) is 2.39. The number of hydrogen-bond donors (Lipinski definition) is 1. The summed E-state index contributed by atoms with van der Waals surface area (Å²) in [4.78, 5) is 29.2. The molecule has 0 aliphatic carbocycles. The van der Waals surface area contributed by atoms with Crippen molar-refractivity contribution in [3.8, 4) is 0 Å². The van der Waals surface area contributed by atoms with Crippen LogP contribution in [0.2, 0.25) is 0 Å². The Morgan fingerprint density at radius 3 is 2.96 bits per heavy atom. The van der Waals surface area contributed by atoms with E-state index in [0.29, 0.717) is 32.7 Å². The number of rotatable bonds is 6. The summed E-state index contributed by atoms with van der Waals surface area (Å²) in [5.74, 6) is -0.145. The van der Waals surface area contributed by atoms with Gasteiger partial charge >= 0.3 is 6.03 Å². The maximum absolute atomic E-state index is 13.2. The van der Waals surface area contributed by atoms with Gasteiger partial charge in [-0.05, 0) is 43.4 Å². The van der Waals surface area contributed by atoms with E-state index in [9.17, 15) is 14.0 Å². The molecule has 148 valence electrons. The Balaban J connectivity index is 1.54. The number of hydrogen-bond acceptors (Lipinski definition) is 3. The fourth-order valence-electron chi connectivity index (χ4n) is 4.13. The number of likely N-dealkylation sites (tertiary alicyclic amines) is 2. The van der Waals surface area contributed by atoms with Crippen LogP contribution in [0.25, 0.3) is 0 Å². The van der Waals surface area contributed by atoms with Crippen LogP contribution in [0.3, 0.4) is 0 Å². The van der Waals surface area contributed by atoms with Crippen LogP contribution in [0, 0.1) is 11.2 Å². The van der Waals surface area contributed by atoms with Crippen molar-refractivity contribution >= 4 is 11.9 Å². The first-order chi connectivity index (χ1) is 13.0. The Kier molecular flexibility index (Phi) is 6.31. The molecule has 6 nitrogen and oxygen atoms in total. The number of amides is 3. The molecule has 0 bridgehead atoms. The number of urea groups is 1. The Hall–Kier alpha value is -2.15. The van der Waals surface area contributed by atoms with Gasteiger partial charge in [0.25, 0.3) is 0 Å². The third kappa shape index (κ3) is 4.58. The van der Waals surface area contributed by atoms with E-state index < -0.39 is 5.41 Å². The number of piperidine rings is 1. The number of ether oxygens (including phenoxy) is 1. The molecular formula is C20H28FN3O3. The number of nitrogens with one attached hydrogen (secondary N) is 1. The van der Waals surface area contributed by atoms with E-state index in [2.05, 4.69) is 5.32 Å². The molecule has 2 heterocycles. The lowest BCUT2D eigenvalue weighted by Crippen LogP contribution is -2.51. The second-order valence-electron chi connectivity index (χ2n) is 7.48. The summed E-state index contributed by atoms with van der Waals surface area (Å²) in [6, 6.07) is 6.00. The molecule has 2 fully saturated rings. The van der Waals surface area contributed by atoms with Crippen LogP contribution in [-0.2, 0) is 16.1 Å². The molecule has 0 saturated carbocycles. The quantitative estimate of drug-likeness (QED) is 0.775. The molecule has 27 heavy (non-hydrogen) atoms. The SMILES string of the molecule is COCCCN1CCC[C@@]2(CCN(C(=O)NCc3cccc(F)c3)C2)C1=O. The second kappa shape index (κ2) is 8.69. The zero-order valence-electron chi connectivity index (χ0n) is 15.9. The summed E-state index contributed by atoms with van der Waals surface area (Å²) >= 11 is 0. The molecule has 2 aliphatic heterocycles. The predicted molar refractivity (Wildman–Crippen MR) is 99.6 cm³/mol. The number of carbonyl (C=O) groups excluding carboxylic acids is 2. The van der Waals surface area contributed by atoms with Crippen molar-refractivity contribution < 1.29 is 18.7 Å². The Bertz CT molecular complexity index is 684. The van der Waals surface area contributed by atoms with E-state index >= 15 is 0 Å². The molecule has 0 aromatic heterocycles. The van der Waals surface area contributed by atoms with Gasteiger partial charge in [0, 0.05) is 46.4 Å². The maximum Gasteiger partial charge on any atom is 0.317 e. The van der Waals surface area contributed by atoms with E-state index in [1.807, 2.05) is 4.90 Å². The van der Waals surface area contributed by atoms with Gasteiger partial charge in [-0.1, -0.05) is 12.1 Å². The van der Waals surface area contributed by atoms with Gasteiger partial charge < -0.3 is 19.9 Å². The summed E-state index contributed by atoms with van der Waals surface area (Å²) in [7, 11) is 1.66. The van der Waals surface area contributed by atoms with E-state index in [0.717, 1.165) is 31.4 Å². The van der Waals surface area contributed by atoms with Crippen molar-refractivity contribution in [2.45, 2.75) is 32.2 Å². The number of nitrogens with zero attached hydrogens (tertiary/aromatic N) is 2. The van der Waals surface area contributed by atoms with Gasteiger partial charge in [0.1, 0.15) is 5.82 Å². The number of benzene rings is 1. The zero-order valence-corrected chi connectivity index (χ0v) is 15.9. The Morgan fingerprint density at radius 1 is 1.33 bits per heavy atom. The molecule has 0 unspecified atom stereocenters. The lowest BCUT2D eigenvalue weighted by Gasteiger charge is -2.39. The Morgan fingerprint density at radius 2 is 2.19 bits per heavy atom. The van der Waals surface area contributed by atoms with Crippen LogP contribution in [0.4, 0.5) is 9.18 Å². The molecule has 1 aromatic carbocycles. The molecule has 3 amide bonds. The first-order valence-corrected chi connectivity index (χ1v) is 9.60. The molecule has 0 radical (unpaired) electrons. The largest absolute Gasteiger partial charge is 0.385 e. The summed E-state index contributed by atoms with van der Waals surface area (Å²) in [5, 5.41) is 2.84. The van der Waals surface area contributed by atoms with Crippen LogP contribution < -0.4 is 5.32 Å². The van der Waals surface area contributed by atoms with Crippen molar-refractivity contribution in [1.82, 2.24) is 15.1 Å². The second-order valence-corrected chi connectivity index (χ2v) is 7.48. The minimum absolute atomic E-state index is 0.172. The van der Waals surface area contributed by atoms with Gasteiger partial charge in [0.15, 0.2) is 0 Å². The van der Waals surface area contributed by atoms with Crippen LogP contribution in [0.5, 0.6) is 0 Å². The van der Waals surface area contributed by atoms with Gasteiger partial charge in [-0.2, -0.15) is 0 Å². The van der Waals surface area contributed by atoms with Gasteiger partial charge in [-0.25, -0.2) is 9.18 Å². The van der Waals surface area contributed by atoms with Gasteiger partial charge in [-0.15, -0.1) is 0 Å². The van der Waals surface area contributed by atoms with Crippen LogP contribution >= 0.6 is 0 Å². The standard InChI is InChI=1S/C20H28FN3O3/c1-27-12-4-10-23-9-3-7-20(18(23)25)8-11-24(15-20)19(26)22-14-16-5-2-6-17(21)13-16/h2,5-6,13H,3-4,7-12,14-15H2,1H3,(H,22,26)/t20-/m0/s1. The van der Waals surface area contributed by atoms with E-state index in [-0.39, 0.29) is 24.3 Å². The highest BCUT2D eigenvalue weighted by Crippen LogP contribution is 2.40. The molecule has 1 aromatic rings. The summed E-state index contributed by atoms with van der Waals surface area (Å²) in [5.41, 5.74) is 0.275. The van der Waals surface area contributed by atoms with Gasteiger partial charge in [-0.3, -0.25) is 4.79 Å². The molecule has 1 atom stereocenters. The zero-order chi connectivity index (χ0) is 19.3. The lowest BCUT2D eigenvalue weighted by molar-refractivity contribution is -0.145. The number of carbonyl (C=O) groups is 2. The van der Waals surface area contributed by atoms with Gasteiger partial charge in [0.2, 0.25) is 5.91 Å². The van der Waals surface area contributed by atoms with Crippen molar-refractivity contribution in [3.63, 3.8) is 0 Å². The molecule has 2 aliphatic rings. The Labute approximate surface area is 159 Å². The third-order valence-electron chi connectivity index (χ3n) is 5.57. The molecule has 7 heteroatoms. The van der Waals surface area contributed by atoms with Crippen molar-refractivity contribution in [2.24, 2.45) is 5.41 Å². The van der Waals surface area contributed by atoms with Crippen molar-refractivity contribution in [3.05, 3.63) is 35.6 Å². The average Bonchev–Trinajstić information content (AvgIpc) is 3.09. The lowest BCUT2D eigenvalue weighted by atomic mass is 9.78. The summed E-state index contributed by atoms with van der Waals surface area (Å²) < 4.78 is 18.3. The molecule has 1 spiro atoms.